The maximum absolute atomic E-state index is 12.3. The van der Waals surface area contributed by atoms with E-state index in [1.165, 1.54) is 5.56 Å². The van der Waals surface area contributed by atoms with Crippen LogP contribution < -0.4 is 14.8 Å². The molecule has 0 bridgehead atoms. The zero-order valence-electron chi connectivity index (χ0n) is 17.9. The SMILES string of the molecule is COc1ccc(OCC(=O)NCc2ccccc2-c2ccc(Cn3cccn3)cc2)cc1. The van der Waals surface area contributed by atoms with Crippen molar-refractivity contribution >= 4 is 5.91 Å². The quantitative estimate of drug-likeness (QED) is 0.433. The van der Waals surface area contributed by atoms with Crippen LogP contribution in [0.1, 0.15) is 11.1 Å². The molecule has 1 amide bonds. The van der Waals surface area contributed by atoms with Crippen LogP contribution in [-0.2, 0) is 17.9 Å². The van der Waals surface area contributed by atoms with Gasteiger partial charge in [-0.1, -0.05) is 48.5 Å². The van der Waals surface area contributed by atoms with Crippen molar-refractivity contribution in [1.29, 1.82) is 0 Å². The van der Waals surface area contributed by atoms with E-state index in [0.717, 1.165) is 29.0 Å². The first-order valence-corrected chi connectivity index (χ1v) is 10.4. The van der Waals surface area contributed by atoms with Gasteiger partial charge in [-0.2, -0.15) is 5.10 Å². The summed E-state index contributed by atoms with van der Waals surface area (Å²) in [4.78, 5) is 12.3. The van der Waals surface area contributed by atoms with E-state index < -0.39 is 0 Å². The summed E-state index contributed by atoms with van der Waals surface area (Å²) in [7, 11) is 1.61. The first-order chi connectivity index (χ1) is 15.7. The van der Waals surface area contributed by atoms with E-state index >= 15 is 0 Å². The van der Waals surface area contributed by atoms with E-state index in [9.17, 15) is 4.79 Å². The molecule has 0 aliphatic carbocycles. The van der Waals surface area contributed by atoms with Crippen molar-refractivity contribution < 1.29 is 14.3 Å². The molecular formula is C26H25N3O3. The Hall–Kier alpha value is -4.06. The highest BCUT2D eigenvalue weighted by Crippen LogP contribution is 2.24. The van der Waals surface area contributed by atoms with Gasteiger partial charge in [0, 0.05) is 18.9 Å². The highest BCUT2D eigenvalue weighted by atomic mass is 16.5. The van der Waals surface area contributed by atoms with E-state index in [2.05, 4.69) is 40.7 Å². The van der Waals surface area contributed by atoms with Crippen molar-refractivity contribution in [2.45, 2.75) is 13.1 Å². The van der Waals surface area contributed by atoms with Gasteiger partial charge in [0.1, 0.15) is 11.5 Å². The van der Waals surface area contributed by atoms with E-state index in [1.807, 2.05) is 35.1 Å². The van der Waals surface area contributed by atoms with Gasteiger partial charge in [0.15, 0.2) is 6.61 Å². The molecule has 1 N–H and O–H groups in total. The maximum atomic E-state index is 12.3. The van der Waals surface area contributed by atoms with Crippen LogP contribution in [0.4, 0.5) is 0 Å². The predicted octanol–water partition coefficient (Wildman–Crippen LogP) is 4.30. The lowest BCUT2D eigenvalue weighted by molar-refractivity contribution is -0.123. The van der Waals surface area contributed by atoms with Gasteiger partial charge in [-0.15, -0.1) is 0 Å². The minimum Gasteiger partial charge on any atom is -0.497 e. The van der Waals surface area contributed by atoms with Crippen molar-refractivity contribution in [1.82, 2.24) is 15.1 Å². The van der Waals surface area contributed by atoms with Gasteiger partial charge < -0.3 is 14.8 Å². The largest absolute Gasteiger partial charge is 0.497 e. The summed E-state index contributed by atoms with van der Waals surface area (Å²) in [6.45, 7) is 1.12. The molecule has 4 aromatic rings. The molecule has 1 aromatic heterocycles. The Labute approximate surface area is 187 Å². The molecule has 162 valence electrons. The molecular weight excluding hydrogens is 402 g/mol. The smallest absolute Gasteiger partial charge is 0.258 e. The zero-order valence-corrected chi connectivity index (χ0v) is 17.9. The summed E-state index contributed by atoms with van der Waals surface area (Å²) in [5.74, 6) is 1.19. The van der Waals surface area contributed by atoms with Crippen molar-refractivity contribution in [3.05, 3.63) is 102 Å². The van der Waals surface area contributed by atoms with Crippen LogP contribution in [0, 0.1) is 0 Å². The van der Waals surface area contributed by atoms with E-state index in [-0.39, 0.29) is 12.5 Å². The number of carbonyl (C=O) groups is 1. The Morgan fingerprint density at radius 2 is 1.69 bits per heavy atom. The number of methoxy groups -OCH3 is 1. The predicted molar refractivity (Wildman–Crippen MR) is 124 cm³/mol. The first kappa shape index (κ1) is 21.2. The van der Waals surface area contributed by atoms with Gasteiger partial charge in [0.25, 0.3) is 5.91 Å². The fraction of sp³-hybridized carbons (Fsp3) is 0.154. The van der Waals surface area contributed by atoms with Crippen molar-refractivity contribution in [3.63, 3.8) is 0 Å². The van der Waals surface area contributed by atoms with Crippen molar-refractivity contribution in [3.8, 4) is 22.6 Å². The molecule has 32 heavy (non-hydrogen) atoms. The van der Waals surface area contributed by atoms with Gasteiger partial charge in [-0.3, -0.25) is 9.48 Å². The summed E-state index contributed by atoms with van der Waals surface area (Å²) in [6, 6.07) is 25.6. The van der Waals surface area contributed by atoms with Gasteiger partial charge in [0.05, 0.1) is 13.7 Å². The third-order valence-electron chi connectivity index (χ3n) is 5.09. The van der Waals surface area contributed by atoms with Crippen LogP contribution in [0.3, 0.4) is 0 Å². The molecule has 0 saturated heterocycles. The minimum absolute atomic E-state index is 0.0450. The molecule has 3 aromatic carbocycles. The number of ether oxygens (including phenoxy) is 2. The summed E-state index contributed by atoms with van der Waals surface area (Å²) in [5, 5.41) is 7.19. The Morgan fingerprint density at radius 1 is 0.938 bits per heavy atom. The first-order valence-electron chi connectivity index (χ1n) is 10.4. The lowest BCUT2D eigenvalue weighted by Gasteiger charge is -2.12. The van der Waals surface area contributed by atoms with Crippen LogP contribution >= 0.6 is 0 Å². The van der Waals surface area contributed by atoms with Gasteiger partial charge in [-0.25, -0.2) is 0 Å². The molecule has 4 rings (SSSR count). The Kier molecular flexibility index (Phi) is 6.82. The zero-order chi connectivity index (χ0) is 22.2. The highest BCUT2D eigenvalue weighted by Gasteiger charge is 2.08. The molecule has 0 aliphatic heterocycles. The van der Waals surface area contributed by atoms with Crippen LogP contribution in [-0.4, -0.2) is 29.4 Å². The molecule has 0 aliphatic rings. The number of carbonyl (C=O) groups excluding carboxylic acids is 1. The van der Waals surface area contributed by atoms with Gasteiger partial charge in [0.2, 0.25) is 0 Å². The van der Waals surface area contributed by atoms with E-state index in [1.54, 1.807) is 37.6 Å². The second-order valence-corrected chi connectivity index (χ2v) is 7.30. The number of nitrogens with one attached hydrogen (secondary N) is 1. The number of hydrogen-bond acceptors (Lipinski definition) is 4. The number of hydrogen-bond donors (Lipinski definition) is 1. The third kappa shape index (κ3) is 5.55. The van der Waals surface area contributed by atoms with Crippen LogP contribution in [0.15, 0.2) is 91.3 Å². The summed E-state index contributed by atoms with van der Waals surface area (Å²) >= 11 is 0. The van der Waals surface area contributed by atoms with Gasteiger partial charge in [-0.05, 0) is 52.6 Å². The number of nitrogens with zero attached hydrogens (tertiary/aromatic N) is 2. The van der Waals surface area contributed by atoms with Crippen molar-refractivity contribution in [2.75, 3.05) is 13.7 Å². The molecule has 0 saturated carbocycles. The average molecular weight is 428 g/mol. The fourth-order valence-corrected chi connectivity index (χ4v) is 3.39. The summed E-state index contributed by atoms with van der Waals surface area (Å²) < 4.78 is 12.6. The second-order valence-electron chi connectivity index (χ2n) is 7.30. The minimum atomic E-state index is -0.176. The number of benzene rings is 3. The maximum Gasteiger partial charge on any atom is 0.258 e. The van der Waals surface area contributed by atoms with E-state index in [0.29, 0.717) is 12.3 Å². The van der Waals surface area contributed by atoms with Crippen LogP contribution in [0.5, 0.6) is 11.5 Å². The second kappa shape index (κ2) is 10.3. The molecule has 0 atom stereocenters. The molecule has 1 heterocycles. The Bertz CT molecular complexity index is 1140. The number of aromatic nitrogens is 2. The number of amides is 1. The standard InChI is InChI=1S/C26H25N3O3/c1-31-23-11-13-24(14-12-23)32-19-26(30)27-17-22-5-2-3-6-25(22)21-9-7-20(8-10-21)18-29-16-4-15-28-29/h2-16H,17-19H2,1H3,(H,27,30). The Balaban J connectivity index is 1.35. The number of rotatable bonds is 9. The monoisotopic (exact) mass is 427 g/mol. The topological polar surface area (TPSA) is 65.4 Å². The van der Waals surface area contributed by atoms with Gasteiger partial charge >= 0.3 is 0 Å². The normalized spacial score (nSPS) is 10.5. The van der Waals surface area contributed by atoms with E-state index in [4.69, 9.17) is 9.47 Å². The fourth-order valence-electron chi connectivity index (χ4n) is 3.39. The van der Waals surface area contributed by atoms with Crippen LogP contribution in [0.2, 0.25) is 0 Å². The molecule has 6 heteroatoms. The average Bonchev–Trinajstić information content (AvgIpc) is 3.35. The highest BCUT2D eigenvalue weighted by molar-refractivity contribution is 5.78. The summed E-state index contributed by atoms with van der Waals surface area (Å²) in [5.41, 5.74) is 4.42. The third-order valence-corrected chi connectivity index (χ3v) is 5.09. The molecule has 0 radical (unpaired) electrons. The lowest BCUT2D eigenvalue weighted by atomic mass is 9.98. The molecule has 0 unspecified atom stereocenters. The molecule has 0 spiro atoms. The van der Waals surface area contributed by atoms with Crippen LogP contribution in [0.25, 0.3) is 11.1 Å². The Morgan fingerprint density at radius 3 is 2.41 bits per heavy atom. The molecule has 0 fully saturated rings. The lowest BCUT2D eigenvalue weighted by Crippen LogP contribution is -2.28. The van der Waals surface area contributed by atoms with Crippen molar-refractivity contribution in [2.24, 2.45) is 0 Å². The molecule has 6 nitrogen and oxygen atoms in total. The summed E-state index contributed by atoms with van der Waals surface area (Å²) in [6.07, 6.45) is 3.73.